The van der Waals surface area contributed by atoms with E-state index >= 15 is 0 Å². The first-order valence-corrected chi connectivity index (χ1v) is 17.4. The molecule has 0 atom stereocenters. The summed E-state index contributed by atoms with van der Waals surface area (Å²) in [5, 5.41) is 13.7. The lowest BCUT2D eigenvalue weighted by atomic mass is 9.67. The highest BCUT2D eigenvalue weighted by Gasteiger charge is 2.55. The number of fused-ring (bicyclic) bond motifs is 2. The number of amides is 3. The molecular weight excluding hydrogens is 633 g/mol. The highest BCUT2D eigenvalue weighted by atomic mass is 32.2. The second-order valence-corrected chi connectivity index (χ2v) is 15.3. The Bertz CT molecular complexity index is 1760. The standard InChI is InChI=1S/C31H42FN7O7S/c1-20-16-21(6-7-22(20)32)17-33-25(41)23-24(40)26(42)39-19-30(18-37-12-14-38(15-13-37)47(5,45)46)8-10-31(11-9-30,29(39)34-23)36(4)28(44)27(43)35(2)3/h6-7,16,40H,8-15,17-19H2,1-5H3,(H,33,41). The molecule has 1 aliphatic carbocycles. The van der Waals surface area contributed by atoms with Crippen LogP contribution in [0.5, 0.6) is 5.75 Å². The van der Waals surface area contributed by atoms with Crippen LogP contribution in [-0.2, 0) is 38.2 Å². The van der Waals surface area contributed by atoms with Gasteiger partial charge in [0.2, 0.25) is 15.8 Å². The van der Waals surface area contributed by atoms with E-state index in [-0.39, 0.29) is 18.9 Å². The van der Waals surface area contributed by atoms with Crippen LogP contribution in [0, 0.1) is 18.2 Å². The molecule has 1 saturated heterocycles. The Hall–Kier alpha value is -3.89. The summed E-state index contributed by atoms with van der Waals surface area (Å²) in [5.74, 6) is -3.49. The number of aromatic nitrogens is 2. The number of aromatic hydroxyl groups is 1. The molecule has 0 unspecified atom stereocenters. The molecule has 16 heteroatoms. The Labute approximate surface area is 273 Å². The summed E-state index contributed by atoms with van der Waals surface area (Å²) < 4.78 is 40.6. The first kappa shape index (κ1) is 34.4. The van der Waals surface area contributed by atoms with Gasteiger partial charge in [0.25, 0.3) is 11.5 Å². The van der Waals surface area contributed by atoms with Crippen molar-refractivity contribution in [2.45, 2.75) is 51.2 Å². The van der Waals surface area contributed by atoms with Gasteiger partial charge in [-0.05, 0) is 49.8 Å². The van der Waals surface area contributed by atoms with Crippen LogP contribution in [0.15, 0.2) is 23.0 Å². The van der Waals surface area contributed by atoms with Crippen LogP contribution < -0.4 is 10.9 Å². The molecule has 4 aliphatic rings. The van der Waals surface area contributed by atoms with Crippen LogP contribution in [0.1, 0.15) is 53.1 Å². The Kier molecular flexibility index (Phi) is 9.25. The zero-order valence-corrected chi connectivity index (χ0v) is 28.2. The Balaban J connectivity index is 1.52. The number of halogens is 1. The van der Waals surface area contributed by atoms with Crippen LogP contribution in [0.4, 0.5) is 4.39 Å². The van der Waals surface area contributed by atoms with Crippen molar-refractivity contribution >= 4 is 27.7 Å². The molecule has 0 radical (unpaired) electrons. The number of piperazine rings is 1. The molecule has 1 aromatic carbocycles. The average molecular weight is 676 g/mol. The molecule has 0 spiro atoms. The first-order valence-electron chi connectivity index (χ1n) is 15.5. The summed E-state index contributed by atoms with van der Waals surface area (Å²) in [5.41, 5.74) is -2.06. The molecule has 3 aliphatic heterocycles. The molecule has 47 heavy (non-hydrogen) atoms. The number of hydrogen-bond acceptors (Lipinski definition) is 9. The smallest absolute Gasteiger partial charge is 0.312 e. The van der Waals surface area contributed by atoms with Crippen LogP contribution in [-0.4, -0.2) is 120 Å². The highest BCUT2D eigenvalue weighted by molar-refractivity contribution is 7.88. The minimum atomic E-state index is -3.32. The third-order valence-corrected chi connectivity index (χ3v) is 11.3. The Morgan fingerprint density at radius 3 is 2.26 bits per heavy atom. The van der Waals surface area contributed by atoms with E-state index in [1.54, 1.807) is 13.0 Å². The van der Waals surface area contributed by atoms with Crippen LogP contribution in [0.2, 0.25) is 0 Å². The number of nitrogens with one attached hydrogen (secondary N) is 1. The van der Waals surface area contributed by atoms with Gasteiger partial charge in [-0.1, -0.05) is 12.1 Å². The summed E-state index contributed by atoms with van der Waals surface area (Å²) in [7, 11) is 1.11. The number of aryl methyl sites for hydroxylation is 1. The number of rotatable bonds is 7. The van der Waals surface area contributed by atoms with Gasteiger partial charge in [-0.3, -0.25) is 23.7 Å². The lowest BCUT2D eigenvalue weighted by molar-refractivity contribution is -0.155. The van der Waals surface area contributed by atoms with E-state index in [4.69, 9.17) is 0 Å². The third-order valence-electron chi connectivity index (χ3n) is 9.98. The largest absolute Gasteiger partial charge is 0.501 e. The van der Waals surface area contributed by atoms with E-state index in [0.717, 1.165) is 0 Å². The minimum Gasteiger partial charge on any atom is -0.501 e. The Morgan fingerprint density at radius 2 is 1.68 bits per heavy atom. The van der Waals surface area contributed by atoms with Crippen molar-refractivity contribution in [2.75, 3.05) is 60.1 Å². The van der Waals surface area contributed by atoms with Gasteiger partial charge < -0.3 is 25.1 Å². The van der Waals surface area contributed by atoms with E-state index < -0.39 is 61.5 Å². The van der Waals surface area contributed by atoms with Crippen LogP contribution in [0.3, 0.4) is 0 Å². The van der Waals surface area contributed by atoms with Crippen LogP contribution in [0.25, 0.3) is 0 Å². The molecular formula is C31H42FN7O7S. The zero-order valence-electron chi connectivity index (χ0n) is 27.4. The number of hydrogen-bond donors (Lipinski definition) is 2. The van der Waals surface area contributed by atoms with E-state index in [1.165, 1.54) is 58.2 Å². The van der Waals surface area contributed by atoms with Gasteiger partial charge in [0, 0.05) is 72.4 Å². The fourth-order valence-corrected chi connectivity index (χ4v) is 7.94. The van der Waals surface area contributed by atoms with E-state index in [1.807, 2.05) is 0 Å². The molecule has 6 rings (SSSR count). The van der Waals surface area contributed by atoms with Crippen molar-refractivity contribution in [3.05, 3.63) is 57.0 Å². The number of carbonyl (C=O) groups excluding carboxylic acids is 3. The van der Waals surface area contributed by atoms with Crippen molar-refractivity contribution < 1.29 is 32.3 Å². The SMILES string of the molecule is Cc1cc(CNC(=O)c2nc3n(c(=O)c2O)CC2(CN4CCN(S(C)(=O)=O)CC4)CCC3(N(C)C(=O)C(=O)N(C)C)CC2)ccc1F. The predicted octanol–water partition coefficient (Wildman–Crippen LogP) is 0.220. The number of likely N-dealkylation sites (N-methyl/N-ethyl adjacent to an activating group) is 2. The maximum atomic E-state index is 13.9. The quantitative estimate of drug-likeness (QED) is 0.391. The minimum absolute atomic E-state index is 0.0178. The summed E-state index contributed by atoms with van der Waals surface area (Å²) in [6, 6.07) is 4.37. The van der Waals surface area contributed by atoms with Crippen molar-refractivity contribution in [1.82, 2.24) is 33.9 Å². The van der Waals surface area contributed by atoms with Gasteiger partial charge in [0.15, 0.2) is 5.69 Å². The molecule has 4 heterocycles. The zero-order chi connectivity index (χ0) is 34.5. The van der Waals surface area contributed by atoms with Gasteiger partial charge in [-0.25, -0.2) is 17.8 Å². The van der Waals surface area contributed by atoms with Crippen molar-refractivity contribution in [3.63, 3.8) is 0 Å². The molecule has 3 amide bonds. The summed E-state index contributed by atoms with van der Waals surface area (Å²) in [4.78, 5) is 62.9. The highest BCUT2D eigenvalue weighted by Crippen LogP contribution is 2.52. The fraction of sp³-hybridized carbons (Fsp3) is 0.581. The van der Waals surface area contributed by atoms with Crippen molar-refractivity contribution in [2.24, 2.45) is 5.41 Å². The molecule has 1 aromatic heterocycles. The maximum absolute atomic E-state index is 13.9. The molecule has 14 nitrogen and oxygen atoms in total. The second-order valence-electron chi connectivity index (χ2n) is 13.3. The summed E-state index contributed by atoms with van der Waals surface area (Å²) in [6.45, 7) is 3.97. The first-order chi connectivity index (χ1) is 22.0. The predicted molar refractivity (Wildman–Crippen MR) is 169 cm³/mol. The van der Waals surface area contributed by atoms with Gasteiger partial charge in [0.05, 0.1) is 6.26 Å². The van der Waals surface area contributed by atoms with Gasteiger partial charge >= 0.3 is 11.8 Å². The molecule has 2 N–H and O–H groups in total. The number of sulfonamides is 1. The molecule has 2 aromatic rings. The fourth-order valence-electron chi connectivity index (χ4n) is 7.11. The van der Waals surface area contributed by atoms with Gasteiger partial charge in [-0.2, -0.15) is 4.31 Å². The summed E-state index contributed by atoms with van der Waals surface area (Å²) >= 11 is 0. The monoisotopic (exact) mass is 675 g/mol. The van der Waals surface area contributed by atoms with E-state index in [9.17, 15) is 37.1 Å². The van der Waals surface area contributed by atoms with Crippen LogP contribution >= 0.6 is 0 Å². The normalized spacial score (nSPS) is 23.1. The van der Waals surface area contributed by atoms with Gasteiger partial charge in [0.1, 0.15) is 17.2 Å². The second kappa shape index (κ2) is 12.6. The van der Waals surface area contributed by atoms with E-state index in [2.05, 4.69) is 15.2 Å². The van der Waals surface area contributed by atoms with Crippen molar-refractivity contribution in [3.8, 4) is 5.75 Å². The topological polar surface area (TPSA) is 165 Å². The molecule has 2 bridgehead atoms. The lowest BCUT2D eigenvalue weighted by Crippen LogP contribution is -2.55. The molecule has 1 saturated carbocycles. The molecule has 2 fully saturated rings. The van der Waals surface area contributed by atoms with E-state index in [0.29, 0.717) is 69.5 Å². The third kappa shape index (κ3) is 6.50. The number of benzene rings is 1. The summed E-state index contributed by atoms with van der Waals surface area (Å²) in [6.07, 6.45) is 2.95. The molecule has 256 valence electrons. The maximum Gasteiger partial charge on any atom is 0.312 e. The van der Waals surface area contributed by atoms with Crippen molar-refractivity contribution in [1.29, 1.82) is 0 Å². The Morgan fingerprint density at radius 1 is 1.04 bits per heavy atom. The van der Waals surface area contributed by atoms with Gasteiger partial charge in [-0.15, -0.1) is 0 Å². The number of nitrogens with zero attached hydrogens (tertiary/aromatic N) is 6. The average Bonchev–Trinajstić information content (AvgIpc) is 3.25. The lowest BCUT2D eigenvalue weighted by Gasteiger charge is -2.48. The number of carbonyl (C=O) groups is 3.